The number of hydrogen-bond acceptors (Lipinski definition) is 6. The van der Waals surface area contributed by atoms with E-state index in [9.17, 15) is 20.0 Å². The summed E-state index contributed by atoms with van der Waals surface area (Å²) in [4.78, 5) is 28.7. The second kappa shape index (κ2) is 15.9. The van der Waals surface area contributed by atoms with Gasteiger partial charge in [0.2, 0.25) is 0 Å². The summed E-state index contributed by atoms with van der Waals surface area (Å²) in [5, 5.41) is 27.5. The number of carbonyl (C=O) groups excluding carboxylic acids is 2. The maximum Gasteiger partial charge on any atom is 0.253 e. The molecule has 228 valence electrons. The molecule has 0 heterocycles. The number of methoxy groups -OCH3 is 1. The number of carbonyl (C=O) groups is 2. The van der Waals surface area contributed by atoms with E-state index >= 15 is 0 Å². The van der Waals surface area contributed by atoms with Crippen LogP contribution in [0, 0.1) is 11.3 Å². The van der Waals surface area contributed by atoms with E-state index in [1.54, 1.807) is 12.0 Å². The fraction of sp³-hybridized carbons (Fsp3) is 0.400. The van der Waals surface area contributed by atoms with Crippen molar-refractivity contribution in [2.75, 3.05) is 26.7 Å². The lowest BCUT2D eigenvalue weighted by atomic mass is 9.93. The lowest BCUT2D eigenvalue weighted by molar-refractivity contribution is 0.0755. The van der Waals surface area contributed by atoms with Gasteiger partial charge in [0, 0.05) is 36.3 Å². The molecule has 2 amide bonds. The van der Waals surface area contributed by atoms with Crippen molar-refractivity contribution in [3.05, 3.63) is 101 Å². The maximum atomic E-state index is 13.6. The molecule has 0 radical (unpaired) electrons. The SMILES string of the molecule is CCCN(CCC)C(=O)c1cc(C#N)cc(C(=O)N[C@@H](Cc2ccccc2)[C@H](O)CNC(C)(C)c2cccc(OC)c2)c1. The van der Waals surface area contributed by atoms with Crippen LogP contribution in [0.1, 0.15) is 77.9 Å². The van der Waals surface area contributed by atoms with Gasteiger partial charge in [0.05, 0.1) is 30.9 Å². The first-order valence-corrected chi connectivity index (χ1v) is 14.9. The second-order valence-electron chi connectivity index (χ2n) is 11.3. The Labute approximate surface area is 255 Å². The molecule has 8 heteroatoms. The summed E-state index contributed by atoms with van der Waals surface area (Å²) in [5.41, 5.74) is 2.18. The van der Waals surface area contributed by atoms with Gasteiger partial charge in [-0.3, -0.25) is 9.59 Å². The highest BCUT2D eigenvalue weighted by molar-refractivity contribution is 6.00. The molecule has 0 aromatic heterocycles. The molecule has 0 aliphatic heterocycles. The zero-order valence-electron chi connectivity index (χ0n) is 25.9. The summed E-state index contributed by atoms with van der Waals surface area (Å²) < 4.78 is 5.37. The number of ether oxygens (including phenoxy) is 1. The summed E-state index contributed by atoms with van der Waals surface area (Å²) >= 11 is 0. The fourth-order valence-electron chi connectivity index (χ4n) is 5.00. The number of nitrogens with zero attached hydrogens (tertiary/aromatic N) is 2. The van der Waals surface area contributed by atoms with E-state index in [1.807, 2.05) is 82.3 Å². The van der Waals surface area contributed by atoms with Gasteiger partial charge in [0.15, 0.2) is 0 Å². The highest BCUT2D eigenvalue weighted by Crippen LogP contribution is 2.24. The van der Waals surface area contributed by atoms with E-state index in [0.29, 0.717) is 25.1 Å². The maximum absolute atomic E-state index is 13.6. The molecule has 2 atom stereocenters. The average molecular weight is 585 g/mol. The molecule has 3 aromatic carbocycles. The van der Waals surface area contributed by atoms with E-state index in [1.165, 1.54) is 18.2 Å². The highest BCUT2D eigenvalue weighted by atomic mass is 16.5. The largest absolute Gasteiger partial charge is 0.497 e. The van der Waals surface area contributed by atoms with E-state index in [2.05, 4.69) is 16.7 Å². The quantitative estimate of drug-likeness (QED) is 0.230. The molecular weight excluding hydrogens is 540 g/mol. The smallest absolute Gasteiger partial charge is 0.253 e. The van der Waals surface area contributed by atoms with Gasteiger partial charge < -0.3 is 25.4 Å². The van der Waals surface area contributed by atoms with Crippen molar-refractivity contribution < 1.29 is 19.4 Å². The third kappa shape index (κ3) is 9.40. The molecule has 0 fully saturated rings. The first-order valence-electron chi connectivity index (χ1n) is 14.9. The van der Waals surface area contributed by atoms with Crippen LogP contribution in [0.15, 0.2) is 72.8 Å². The zero-order valence-corrected chi connectivity index (χ0v) is 25.9. The van der Waals surface area contributed by atoms with Gasteiger partial charge in [-0.05, 0) is 74.6 Å². The minimum atomic E-state index is -0.945. The predicted octanol–water partition coefficient (Wildman–Crippen LogP) is 5.06. The first kappa shape index (κ1) is 33.3. The van der Waals surface area contributed by atoms with Crippen molar-refractivity contribution in [2.45, 2.75) is 64.6 Å². The fourth-order valence-corrected chi connectivity index (χ4v) is 5.00. The van der Waals surface area contributed by atoms with Gasteiger partial charge in [0.25, 0.3) is 11.8 Å². The molecular formula is C35H44N4O4. The Bertz CT molecular complexity index is 1390. The van der Waals surface area contributed by atoms with Gasteiger partial charge in [-0.15, -0.1) is 0 Å². The second-order valence-corrected chi connectivity index (χ2v) is 11.3. The third-order valence-corrected chi connectivity index (χ3v) is 7.47. The number of aliphatic hydroxyl groups excluding tert-OH is 1. The lowest BCUT2D eigenvalue weighted by Crippen LogP contribution is -2.51. The summed E-state index contributed by atoms with van der Waals surface area (Å²) in [6, 6.07) is 23.4. The van der Waals surface area contributed by atoms with Crippen LogP contribution in [0.2, 0.25) is 0 Å². The average Bonchev–Trinajstić information content (AvgIpc) is 3.03. The van der Waals surface area contributed by atoms with Crippen molar-refractivity contribution in [1.82, 2.24) is 15.5 Å². The van der Waals surface area contributed by atoms with Crippen LogP contribution in [0.4, 0.5) is 0 Å². The number of aliphatic hydroxyl groups is 1. The van der Waals surface area contributed by atoms with Crippen LogP contribution >= 0.6 is 0 Å². The number of rotatable bonds is 15. The van der Waals surface area contributed by atoms with Crippen LogP contribution in [0.5, 0.6) is 5.75 Å². The van der Waals surface area contributed by atoms with E-state index < -0.39 is 23.6 Å². The van der Waals surface area contributed by atoms with E-state index in [-0.39, 0.29) is 23.6 Å². The van der Waals surface area contributed by atoms with Crippen molar-refractivity contribution in [3.63, 3.8) is 0 Å². The molecule has 0 aliphatic carbocycles. The molecule has 0 unspecified atom stereocenters. The minimum absolute atomic E-state index is 0.199. The minimum Gasteiger partial charge on any atom is -0.497 e. The Morgan fingerprint density at radius 3 is 2.28 bits per heavy atom. The normalized spacial score (nSPS) is 12.6. The van der Waals surface area contributed by atoms with Gasteiger partial charge in [-0.25, -0.2) is 0 Å². The molecule has 8 nitrogen and oxygen atoms in total. The summed E-state index contributed by atoms with van der Waals surface area (Å²) in [5.74, 6) is 0.0718. The number of hydrogen-bond donors (Lipinski definition) is 3. The molecule has 0 spiro atoms. The predicted molar refractivity (Wildman–Crippen MR) is 169 cm³/mol. The lowest BCUT2D eigenvalue weighted by Gasteiger charge is -2.31. The van der Waals surface area contributed by atoms with Crippen LogP contribution in [-0.2, 0) is 12.0 Å². The molecule has 0 saturated carbocycles. The molecule has 43 heavy (non-hydrogen) atoms. The zero-order chi connectivity index (χ0) is 31.4. The van der Waals surface area contributed by atoms with Crippen molar-refractivity contribution in [3.8, 4) is 11.8 Å². The number of benzene rings is 3. The van der Waals surface area contributed by atoms with Gasteiger partial charge in [0.1, 0.15) is 5.75 Å². The standard InChI is InChI=1S/C35H44N4O4/c1-6-16-39(17-7-2)34(42)28-19-26(23-36)18-27(21-28)33(41)38-31(20-25-12-9-8-10-13-25)32(40)24-37-35(3,4)29-14-11-15-30(22-29)43-5/h8-15,18-19,21-22,31-32,37,40H,6-7,16-17,20,24H2,1-5H3,(H,38,41)/t31-,32+/m0/s1. The first-order chi connectivity index (χ1) is 20.6. The van der Waals surface area contributed by atoms with Gasteiger partial charge in [-0.1, -0.05) is 56.3 Å². The van der Waals surface area contributed by atoms with Gasteiger partial charge >= 0.3 is 0 Å². The van der Waals surface area contributed by atoms with Crippen molar-refractivity contribution >= 4 is 11.8 Å². The molecule has 0 saturated heterocycles. The van der Waals surface area contributed by atoms with Crippen LogP contribution in [-0.4, -0.2) is 60.7 Å². The van der Waals surface area contributed by atoms with E-state index in [4.69, 9.17) is 4.74 Å². The topological polar surface area (TPSA) is 115 Å². The Morgan fingerprint density at radius 1 is 0.977 bits per heavy atom. The Morgan fingerprint density at radius 2 is 1.65 bits per heavy atom. The molecule has 0 bridgehead atoms. The number of amides is 2. The monoisotopic (exact) mass is 584 g/mol. The van der Waals surface area contributed by atoms with Crippen molar-refractivity contribution in [1.29, 1.82) is 5.26 Å². The summed E-state index contributed by atoms with van der Waals surface area (Å²) in [7, 11) is 1.62. The van der Waals surface area contributed by atoms with Gasteiger partial charge in [-0.2, -0.15) is 5.26 Å². The van der Waals surface area contributed by atoms with Crippen LogP contribution < -0.4 is 15.4 Å². The number of nitrogens with one attached hydrogen (secondary N) is 2. The van der Waals surface area contributed by atoms with Crippen LogP contribution in [0.25, 0.3) is 0 Å². The Hall–Kier alpha value is -4.19. The summed E-state index contributed by atoms with van der Waals surface area (Å²) in [6.07, 6.45) is 1.05. The third-order valence-electron chi connectivity index (χ3n) is 7.47. The molecule has 3 N–H and O–H groups in total. The number of nitriles is 1. The van der Waals surface area contributed by atoms with E-state index in [0.717, 1.165) is 29.7 Å². The van der Waals surface area contributed by atoms with Crippen molar-refractivity contribution in [2.24, 2.45) is 0 Å². The summed E-state index contributed by atoms with van der Waals surface area (Å²) in [6.45, 7) is 9.44. The highest BCUT2D eigenvalue weighted by Gasteiger charge is 2.27. The molecule has 3 rings (SSSR count). The Kier molecular flexibility index (Phi) is 12.3. The molecule has 3 aromatic rings. The Balaban J connectivity index is 1.85. The molecule has 0 aliphatic rings. The van der Waals surface area contributed by atoms with Crippen LogP contribution in [0.3, 0.4) is 0 Å².